The minimum atomic E-state index is -0.869. The van der Waals surface area contributed by atoms with Gasteiger partial charge in [-0.2, -0.15) is 0 Å². The molecule has 1 saturated heterocycles. The van der Waals surface area contributed by atoms with Gasteiger partial charge in [0.05, 0.1) is 16.3 Å². The number of carboxylic acid groups (broad SMARTS) is 1. The van der Waals surface area contributed by atoms with Gasteiger partial charge in [-0.05, 0) is 30.4 Å². The Labute approximate surface area is 102 Å². The summed E-state index contributed by atoms with van der Waals surface area (Å²) in [6, 6.07) is 3.72. The molecule has 1 atom stereocenters. The van der Waals surface area contributed by atoms with Gasteiger partial charge in [0.25, 0.3) is 0 Å². The first-order chi connectivity index (χ1) is 8.25. The second kappa shape index (κ2) is 4.16. The Hall–Kier alpha value is -1.33. The number of thiophene rings is 1. The van der Waals surface area contributed by atoms with Crippen molar-refractivity contribution >= 4 is 27.5 Å². The largest absolute Gasteiger partial charge is 0.477 e. The van der Waals surface area contributed by atoms with Crippen LogP contribution in [-0.2, 0) is 11.3 Å². The van der Waals surface area contributed by atoms with Crippen molar-refractivity contribution in [1.82, 2.24) is 4.57 Å². The van der Waals surface area contributed by atoms with Gasteiger partial charge >= 0.3 is 5.97 Å². The van der Waals surface area contributed by atoms with Gasteiger partial charge in [0, 0.05) is 13.2 Å². The highest BCUT2D eigenvalue weighted by atomic mass is 32.1. The predicted molar refractivity (Wildman–Crippen MR) is 65.7 cm³/mol. The first kappa shape index (κ1) is 10.8. The van der Waals surface area contributed by atoms with Crippen LogP contribution in [0, 0.1) is 0 Å². The van der Waals surface area contributed by atoms with Crippen molar-refractivity contribution in [2.75, 3.05) is 6.61 Å². The molecule has 3 heterocycles. The highest BCUT2D eigenvalue weighted by Crippen LogP contribution is 2.27. The van der Waals surface area contributed by atoms with E-state index < -0.39 is 5.97 Å². The molecule has 0 spiro atoms. The second-order valence-corrected chi connectivity index (χ2v) is 5.20. The fourth-order valence-corrected chi connectivity index (χ4v) is 3.17. The maximum atomic E-state index is 11.2. The lowest BCUT2D eigenvalue weighted by Crippen LogP contribution is -2.18. The predicted octanol–water partition coefficient (Wildman–Crippen LogP) is 2.58. The number of ether oxygens (including phenoxy) is 1. The van der Waals surface area contributed by atoms with Gasteiger partial charge in [-0.15, -0.1) is 11.3 Å². The SMILES string of the molecule is O=C(O)c1cc2sccc2n1C[C@@H]1CCCO1. The molecule has 17 heavy (non-hydrogen) atoms. The summed E-state index contributed by atoms with van der Waals surface area (Å²) < 4.78 is 8.47. The maximum Gasteiger partial charge on any atom is 0.352 e. The first-order valence-corrected chi connectivity index (χ1v) is 6.55. The third-order valence-corrected chi connectivity index (χ3v) is 4.01. The van der Waals surface area contributed by atoms with Crippen LogP contribution in [0.4, 0.5) is 0 Å². The number of rotatable bonds is 3. The van der Waals surface area contributed by atoms with Crippen LogP contribution in [0.3, 0.4) is 0 Å². The second-order valence-electron chi connectivity index (χ2n) is 4.25. The third-order valence-electron chi connectivity index (χ3n) is 3.15. The molecule has 0 bridgehead atoms. The van der Waals surface area contributed by atoms with Gasteiger partial charge < -0.3 is 14.4 Å². The molecular formula is C12H13NO3S. The fraction of sp³-hybridized carbons (Fsp3) is 0.417. The molecule has 4 nitrogen and oxygen atoms in total. The van der Waals surface area contributed by atoms with E-state index in [-0.39, 0.29) is 6.10 Å². The summed E-state index contributed by atoms with van der Waals surface area (Å²) >= 11 is 1.57. The van der Waals surface area contributed by atoms with Crippen LogP contribution < -0.4 is 0 Å². The summed E-state index contributed by atoms with van der Waals surface area (Å²) in [6.07, 6.45) is 2.24. The van der Waals surface area contributed by atoms with Gasteiger partial charge in [0.15, 0.2) is 0 Å². The number of aromatic carboxylic acids is 1. The van der Waals surface area contributed by atoms with Gasteiger partial charge in [-0.25, -0.2) is 4.79 Å². The van der Waals surface area contributed by atoms with Crippen LogP contribution in [0.2, 0.25) is 0 Å². The minimum absolute atomic E-state index is 0.156. The number of carboxylic acids is 1. The van der Waals surface area contributed by atoms with Gasteiger partial charge in [-0.1, -0.05) is 0 Å². The van der Waals surface area contributed by atoms with Gasteiger partial charge in [-0.3, -0.25) is 0 Å². The number of fused-ring (bicyclic) bond motifs is 1. The van der Waals surface area contributed by atoms with Crippen molar-refractivity contribution in [3.8, 4) is 0 Å². The first-order valence-electron chi connectivity index (χ1n) is 5.67. The Bertz CT molecular complexity index is 551. The maximum absolute atomic E-state index is 11.2. The van der Waals surface area contributed by atoms with Crippen molar-refractivity contribution in [3.05, 3.63) is 23.2 Å². The molecule has 1 aliphatic rings. The Morgan fingerprint density at radius 2 is 2.53 bits per heavy atom. The summed E-state index contributed by atoms with van der Waals surface area (Å²) in [5.41, 5.74) is 1.37. The number of hydrogen-bond acceptors (Lipinski definition) is 3. The van der Waals surface area contributed by atoms with E-state index in [0.717, 1.165) is 29.7 Å². The normalized spacial score (nSPS) is 20.1. The Morgan fingerprint density at radius 3 is 3.24 bits per heavy atom. The Kier molecular flexibility index (Phi) is 2.64. The van der Waals surface area contributed by atoms with Crippen LogP contribution in [0.5, 0.6) is 0 Å². The molecule has 2 aromatic rings. The van der Waals surface area contributed by atoms with Gasteiger partial charge in [0.1, 0.15) is 5.69 Å². The van der Waals surface area contributed by atoms with E-state index in [1.165, 1.54) is 0 Å². The molecule has 1 N–H and O–H groups in total. The summed E-state index contributed by atoms with van der Waals surface area (Å²) in [4.78, 5) is 11.2. The van der Waals surface area contributed by atoms with E-state index in [2.05, 4.69) is 0 Å². The fourth-order valence-electron chi connectivity index (χ4n) is 2.34. The summed E-state index contributed by atoms with van der Waals surface area (Å²) in [5, 5.41) is 11.2. The van der Waals surface area contributed by atoms with Crippen LogP contribution in [-0.4, -0.2) is 28.4 Å². The Balaban J connectivity index is 2.01. The molecule has 90 valence electrons. The highest BCUT2D eigenvalue weighted by molar-refractivity contribution is 7.17. The lowest BCUT2D eigenvalue weighted by molar-refractivity contribution is 0.0672. The average Bonchev–Trinajstić information content (AvgIpc) is 2.96. The number of hydrogen-bond donors (Lipinski definition) is 1. The molecule has 1 aliphatic heterocycles. The quantitative estimate of drug-likeness (QED) is 0.912. The molecule has 0 radical (unpaired) electrons. The van der Waals surface area contributed by atoms with E-state index in [1.54, 1.807) is 17.4 Å². The van der Waals surface area contributed by atoms with E-state index in [9.17, 15) is 9.90 Å². The lowest BCUT2D eigenvalue weighted by Gasteiger charge is -2.13. The van der Waals surface area contributed by atoms with E-state index in [0.29, 0.717) is 12.2 Å². The van der Waals surface area contributed by atoms with E-state index in [4.69, 9.17) is 4.74 Å². The summed E-state index contributed by atoms with van der Waals surface area (Å²) in [6.45, 7) is 1.43. The highest BCUT2D eigenvalue weighted by Gasteiger charge is 2.21. The number of carbonyl (C=O) groups is 1. The Morgan fingerprint density at radius 1 is 1.65 bits per heavy atom. The average molecular weight is 251 g/mol. The van der Waals surface area contributed by atoms with Crippen molar-refractivity contribution in [1.29, 1.82) is 0 Å². The molecule has 0 amide bonds. The van der Waals surface area contributed by atoms with Crippen molar-refractivity contribution in [2.24, 2.45) is 0 Å². The van der Waals surface area contributed by atoms with Crippen molar-refractivity contribution < 1.29 is 14.6 Å². The zero-order valence-electron chi connectivity index (χ0n) is 9.26. The lowest BCUT2D eigenvalue weighted by atomic mass is 10.2. The topological polar surface area (TPSA) is 51.5 Å². The van der Waals surface area contributed by atoms with Crippen LogP contribution in [0.1, 0.15) is 23.3 Å². The van der Waals surface area contributed by atoms with Crippen LogP contribution in [0.25, 0.3) is 10.2 Å². The smallest absolute Gasteiger partial charge is 0.352 e. The van der Waals surface area contributed by atoms with Crippen LogP contribution in [0.15, 0.2) is 17.5 Å². The molecule has 1 fully saturated rings. The van der Waals surface area contributed by atoms with Crippen molar-refractivity contribution in [2.45, 2.75) is 25.5 Å². The molecule has 2 aromatic heterocycles. The molecule has 5 heteroatoms. The minimum Gasteiger partial charge on any atom is -0.477 e. The van der Waals surface area contributed by atoms with Crippen molar-refractivity contribution in [3.63, 3.8) is 0 Å². The zero-order valence-corrected chi connectivity index (χ0v) is 10.1. The van der Waals surface area contributed by atoms with Gasteiger partial charge in [0.2, 0.25) is 0 Å². The number of nitrogens with zero attached hydrogens (tertiary/aromatic N) is 1. The molecule has 0 saturated carbocycles. The monoisotopic (exact) mass is 251 g/mol. The molecule has 0 aliphatic carbocycles. The molecule has 0 aromatic carbocycles. The van der Waals surface area contributed by atoms with Crippen LogP contribution >= 0.6 is 11.3 Å². The molecule has 3 rings (SSSR count). The molecule has 0 unspecified atom stereocenters. The summed E-state index contributed by atoms with van der Waals surface area (Å²) in [7, 11) is 0. The zero-order chi connectivity index (χ0) is 11.8. The standard InChI is InChI=1S/C12H13NO3S/c14-12(15)10-6-11-9(3-5-17-11)13(10)7-8-2-1-4-16-8/h3,5-6,8H,1-2,4,7H2,(H,14,15)/t8-/m0/s1. The summed E-state index contributed by atoms with van der Waals surface area (Å²) in [5.74, 6) is -0.869. The molecular weight excluding hydrogens is 238 g/mol. The number of aromatic nitrogens is 1. The third kappa shape index (κ3) is 1.85. The van der Waals surface area contributed by atoms with E-state index >= 15 is 0 Å². The van der Waals surface area contributed by atoms with E-state index in [1.807, 2.05) is 16.0 Å².